The van der Waals surface area contributed by atoms with Crippen LogP contribution in [0.3, 0.4) is 0 Å². The van der Waals surface area contributed by atoms with Gasteiger partial charge in [-0.15, -0.1) is 15.3 Å². The Morgan fingerprint density at radius 2 is 2.12 bits per heavy atom. The zero-order valence-electron chi connectivity index (χ0n) is 13.9. The molecule has 9 nitrogen and oxygen atoms in total. The number of anilines is 1. The van der Waals surface area contributed by atoms with Crippen molar-refractivity contribution in [2.45, 2.75) is 6.42 Å². The molecule has 9 heteroatoms. The average molecular weight is 333 g/mol. The molecular formula is C15H23N7O2. The molecule has 0 atom stereocenters. The molecule has 1 amide bonds. The van der Waals surface area contributed by atoms with E-state index >= 15 is 0 Å². The Morgan fingerprint density at radius 1 is 1.29 bits per heavy atom. The maximum absolute atomic E-state index is 11.9. The predicted molar refractivity (Wildman–Crippen MR) is 88.9 cm³/mol. The van der Waals surface area contributed by atoms with E-state index in [1.807, 2.05) is 12.1 Å². The van der Waals surface area contributed by atoms with Crippen LogP contribution in [0.4, 0.5) is 5.82 Å². The molecule has 2 aromatic rings. The van der Waals surface area contributed by atoms with E-state index in [2.05, 4.69) is 30.4 Å². The first kappa shape index (κ1) is 16.6. The molecule has 1 saturated heterocycles. The molecule has 3 heterocycles. The second-order valence-corrected chi connectivity index (χ2v) is 5.78. The predicted octanol–water partition coefficient (Wildman–Crippen LogP) is -0.601. The maximum Gasteiger partial charge on any atom is 0.234 e. The van der Waals surface area contributed by atoms with Crippen molar-refractivity contribution < 1.29 is 9.53 Å². The summed E-state index contributed by atoms with van der Waals surface area (Å²) >= 11 is 0. The number of carbonyl (C=O) groups excluding carboxylic acids is 1. The Hall–Kier alpha value is -2.26. The molecule has 1 N–H and O–H groups in total. The van der Waals surface area contributed by atoms with Crippen LogP contribution in [0.1, 0.15) is 6.42 Å². The molecule has 0 aromatic carbocycles. The summed E-state index contributed by atoms with van der Waals surface area (Å²) in [6.45, 7) is 5.15. The van der Waals surface area contributed by atoms with Crippen molar-refractivity contribution in [1.29, 1.82) is 0 Å². The Kier molecular flexibility index (Phi) is 5.55. The summed E-state index contributed by atoms with van der Waals surface area (Å²) in [4.78, 5) is 16.3. The first-order chi connectivity index (χ1) is 11.8. The van der Waals surface area contributed by atoms with Gasteiger partial charge < -0.3 is 15.0 Å². The summed E-state index contributed by atoms with van der Waals surface area (Å²) in [5.74, 6) is 0.981. The summed E-state index contributed by atoms with van der Waals surface area (Å²) in [7, 11) is 1.66. The van der Waals surface area contributed by atoms with Crippen molar-refractivity contribution >= 4 is 17.4 Å². The lowest BCUT2D eigenvalue weighted by Gasteiger charge is -2.34. The zero-order valence-corrected chi connectivity index (χ0v) is 13.9. The average Bonchev–Trinajstić information content (AvgIpc) is 3.07. The zero-order chi connectivity index (χ0) is 16.8. The number of nitrogens with one attached hydrogen (secondary N) is 1. The number of methoxy groups -OCH3 is 1. The van der Waals surface area contributed by atoms with Gasteiger partial charge in [-0.3, -0.25) is 9.69 Å². The lowest BCUT2D eigenvalue weighted by molar-refractivity contribution is -0.122. The molecule has 130 valence electrons. The van der Waals surface area contributed by atoms with E-state index < -0.39 is 0 Å². The smallest absolute Gasteiger partial charge is 0.234 e. The van der Waals surface area contributed by atoms with E-state index in [4.69, 9.17) is 4.74 Å². The van der Waals surface area contributed by atoms with Crippen molar-refractivity contribution in [3.05, 3.63) is 18.5 Å². The Labute approximate surface area is 140 Å². The maximum atomic E-state index is 11.9. The molecule has 0 saturated carbocycles. The lowest BCUT2D eigenvalue weighted by Crippen LogP contribution is -2.49. The summed E-state index contributed by atoms with van der Waals surface area (Å²) in [5, 5.41) is 15.2. The number of aromatic nitrogens is 4. The highest BCUT2D eigenvalue weighted by atomic mass is 16.5. The van der Waals surface area contributed by atoms with Crippen molar-refractivity contribution in [3.63, 3.8) is 0 Å². The van der Waals surface area contributed by atoms with Gasteiger partial charge in [-0.1, -0.05) is 0 Å². The van der Waals surface area contributed by atoms with Crippen LogP contribution in [0.5, 0.6) is 0 Å². The van der Waals surface area contributed by atoms with Crippen LogP contribution in [-0.4, -0.2) is 83.6 Å². The van der Waals surface area contributed by atoms with Crippen LogP contribution >= 0.6 is 0 Å². The molecule has 0 spiro atoms. The highest BCUT2D eigenvalue weighted by Crippen LogP contribution is 2.13. The Balaban J connectivity index is 1.44. The van der Waals surface area contributed by atoms with Gasteiger partial charge in [0.2, 0.25) is 5.91 Å². The standard InChI is InChI=1S/C15H23N7O2/c1-24-10-2-5-16-15(23)11-20-6-8-21(9-7-20)14-4-3-13-18-17-12-22(13)19-14/h3-4,12H,2,5-11H2,1H3,(H,16,23). The fourth-order valence-electron chi connectivity index (χ4n) is 2.73. The van der Waals surface area contributed by atoms with Gasteiger partial charge in [0, 0.05) is 46.4 Å². The molecule has 3 rings (SSSR count). The number of fused-ring (bicyclic) bond motifs is 1. The van der Waals surface area contributed by atoms with Gasteiger partial charge in [-0.05, 0) is 18.6 Å². The Bertz CT molecular complexity index is 667. The number of amides is 1. The monoisotopic (exact) mass is 333 g/mol. The van der Waals surface area contributed by atoms with Gasteiger partial charge >= 0.3 is 0 Å². The van der Waals surface area contributed by atoms with E-state index in [0.29, 0.717) is 19.7 Å². The molecule has 24 heavy (non-hydrogen) atoms. The molecule has 0 bridgehead atoms. The molecular weight excluding hydrogens is 310 g/mol. The molecule has 1 aliphatic rings. The van der Waals surface area contributed by atoms with Gasteiger partial charge in [-0.25, -0.2) is 0 Å². The van der Waals surface area contributed by atoms with Crippen LogP contribution in [0.25, 0.3) is 5.65 Å². The van der Waals surface area contributed by atoms with Crippen LogP contribution in [0.15, 0.2) is 18.5 Å². The van der Waals surface area contributed by atoms with E-state index in [0.717, 1.165) is 44.1 Å². The molecule has 2 aromatic heterocycles. The van der Waals surface area contributed by atoms with Gasteiger partial charge in [0.1, 0.15) is 12.1 Å². The quantitative estimate of drug-likeness (QED) is 0.677. The van der Waals surface area contributed by atoms with Gasteiger partial charge in [-0.2, -0.15) is 4.52 Å². The number of rotatable bonds is 7. The first-order valence-electron chi connectivity index (χ1n) is 8.16. The third-order valence-corrected chi connectivity index (χ3v) is 4.06. The highest BCUT2D eigenvalue weighted by molar-refractivity contribution is 5.78. The van der Waals surface area contributed by atoms with E-state index in [9.17, 15) is 4.79 Å². The summed E-state index contributed by atoms with van der Waals surface area (Å²) in [5.41, 5.74) is 0.738. The molecule has 0 unspecified atom stereocenters. The lowest BCUT2D eigenvalue weighted by atomic mass is 10.3. The molecule has 1 fully saturated rings. The number of hydrogen-bond donors (Lipinski definition) is 1. The summed E-state index contributed by atoms with van der Waals surface area (Å²) in [6, 6.07) is 3.87. The molecule has 0 aliphatic carbocycles. The molecule has 0 radical (unpaired) electrons. The molecule has 1 aliphatic heterocycles. The van der Waals surface area contributed by atoms with Gasteiger partial charge in [0.15, 0.2) is 5.65 Å². The summed E-state index contributed by atoms with van der Waals surface area (Å²) in [6.07, 6.45) is 2.44. The fraction of sp³-hybridized carbons (Fsp3) is 0.600. The number of hydrogen-bond acceptors (Lipinski definition) is 7. The number of ether oxygens (including phenoxy) is 1. The van der Waals surface area contributed by atoms with E-state index in [-0.39, 0.29) is 5.91 Å². The minimum absolute atomic E-state index is 0.0728. The number of carbonyl (C=O) groups is 1. The van der Waals surface area contributed by atoms with Gasteiger partial charge in [0.25, 0.3) is 0 Å². The van der Waals surface area contributed by atoms with Crippen molar-refractivity contribution in [2.24, 2.45) is 0 Å². The normalized spacial score (nSPS) is 15.8. The van der Waals surface area contributed by atoms with E-state index in [1.54, 1.807) is 18.0 Å². The van der Waals surface area contributed by atoms with Crippen molar-refractivity contribution in [2.75, 3.05) is 57.9 Å². The Morgan fingerprint density at radius 3 is 2.92 bits per heavy atom. The highest BCUT2D eigenvalue weighted by Gasteiger charge is 2.20. The van der Waals surface area contributed by atoms with E-state index in [1.165, 1.54) is 0 Å². The topological polar surface area (TPSA) is 87.9 Å². The van der Waals surface area contributed by atoms with Crippen molar-refractivity contribution in [1.82, 2.24) is 30.0 Å². The minimum atomic E-state index is 0.0728. The number of piperazine rings is 1. The van der Waals surface area contributed by atoms with Crippen LogP contribution in [-0.2, 0) is 9.53 Å². The third-order valence-electron chi connectivity index (χ3n) is 4.06. The number of nitrogens with zero attached hydrogens (tertiary/aromatic N) is 6. The summed E-state index contributed by atoms with van der Waals surface area (Å²) < 4.78 is 6.64. The van der Waals surface area contributed by atoms with Crippen LogP contribution in [0, 0.1) is 0 Å². The second-order valence-electron chi connectivity index (χ2n) is 5.78. The third kappa shape index (κ3) is 4.18. The SMILES string of the molecule is COCCCNC(=O)CN1CCN(c2ccc3nncn3n2)CC1. The van der Waals surface area contributed by atoms with Crippen LogP contribution < -0.4 is 10.2 Å². The largest absolute Gasteiger partial charge is 0.385 e. The van der Waals surface area contributed by atoms with Gasteiger partial charge in [0.05, 0.1) is 6.54 Å². The first-order valence-corrected chi connectivity index (χ1v) is 8.16. The minimum Gasteiger partial charge on any atom is -0.385 e. The van der Waals surface area contributed by atoms with Crippen LogP contribution in [0.2, 0.25) is 0 Å². The fourth-order valence-corrected chi connectivity index (χ4v) is 2.73. The van der Waals surface area contributed by atoms with Crippen molar-refractivity contribution in [3.8, 4) is 0 Å². The second kappa shape index (κ2) is 8.02.